The van der Waals surface area contributed by atoms with Gasteiger partial charge >= 0.3 is 0 Å². The number of halogens is 3. The average molecular weight is 252 g/mol. The zero-order valence-electron chi connectivity index (χ0n) is 9.62. The Balaban J connectivity index is 2.49. The van der Waals surface area contributed by atoms with Crippen molar-refractivity contribution in [2.75, 3.05) is 0 Å². The van der Waals surface area contributed by atoms with Gasteiger partial charge < -0.3 is 5.11 Å². The molecule has 4 heteroatoms. The Morgan fingerprint density at radius 1 is 1.00 bits per heavy atom. The maximum Gasteiger partial charge on any atom is 0.135 e. The first kappa shape index (κ1) is 12.6. The fourth-order valence-electron chi connectivity index (χ4n) is 1.82. The van der Waals surface area contributed by atoms with E-state index < -0.39 is 29.1 Å². The van der Waals surface area contributed by atoms with Gasteiger partial charge in [-0.1, -0.05) is 29.8 Å². The Kier molecular flexibility index (Phi) is 3.39. The summed E-state index contributed by atoms with van der Waals surface area (Å²) in [6.07, 6.45) is -1.45. The van der Waals surface area contributed by atoms with Gasteiger partial charge in [0.1, 0.15) is 23.6 Å². The molecule has 0 heterocycles. The zero-order valence-corrected chi connectivity index (χ0v) is 9.62. The molecule has 0 aromatic heterocycles. The first-order valence-corrected chi connectivity index (χ1v) is 5.38. The molecule has 94 valence electrons. The highest BCUT2D eigenvalue weighted by Gasteiger charge is 2.20. The van der Waals surface area contributed by atoms with E-state index >= 15 is 0 Å². The largest absolute Gasteiger partial charge is 0.383 e. The quantitative estimate of drug-likeness (QED) is 0.867. The van der Waals surface area contributed by atoms with E-state index in [0.717, 1.165) is 5.56 Å². The van der Waals surface area contributed by atoms with Crippen molar-refractivity contribution in [3.63, 3.8) is 0 Å². The van der Waals surface area contributed by atoms with Crippen LogP contribution in [0.15, 0.2) is 36.4 Å². The van der Waals surface area contributed by atoms with E-state index in [4.69, 9.17) is 0 Å². The second-order valence-electron chi connectivity index (χ2n) is 4.10. The van der Waals surface area contributed by atoms with Gasteiger partial charge in [0, 0.05) is 12.1 Å². The summed E-state index contributed by atoms with van der Waals surface area (Å²) in [4.78, 5) is 0. The summed E-state index contributed by atoms with van der Waals surface area (Å²) in [6.45, 7) is 1.80. The molecule has 1 unspecified atom stereocenters. The van der Waals surface area contributed by atoms with Crippen molar-refractivity contribution in [2.24, 2.45) is 0 Å². The topological polar surface area (TPSA) is 20.2 Å². The molecule has 0 aliphatic heterocycles. The summed E-state index contributed by atoms with van der Waals surface area (Å²) in [5.74, 6) is -3.20. The summed E-state index contributed by atoms with van der Waals surface area (Å²) >= 11 is 0. The zero-order chi connectivity index (χ0) is 13.3. The van der Waals surface area contributed by atoms with Crippen LogP contribution in [0.2, 0.25) is 0 Å². The lowest BCUT2D eigenvalue weighted by atomic mass is 9.99. The normalized spacial score (nSPS) is 12.5. The summed E-state index contributed by atoms with van der Waals surface area (Å²) in [7, 11) is 0. The molecule has 0 saturated carbocycles. The number of aliphatic hydroxyl groups is 1. The Morgan fingerprint density at radius 2 is 1.61 bits per heavy atom. The minimum absolute atomic E-state index is 0.361. The Hall–Kier alpha value is -1.81. The van der Waals surface area contributed by atoms with Gasteiger partial charge in [-0.15, -0.1) is 0 Å². The van der Waals surface area contributed by atoms with Gasteiger partial charge in [0.05, 0.1) is 5.56 Å². The highest BCUT2D eigenvalue weighted by atomic mass is 19.1. The van der Waals surface area contributed by atoms with Crippen molar-refractivity contribution >= 4 is 0 Å². The molecule has 0 aliphatic carbocycles. The monoisotopic (exact) mass is 252 g/mol. The van der Waals surface area contributed by atoms with Gasteiger partial charge in [-0.05, 0) is 12.5 Å². The van der Waals surface area contributed by atoms with Crippen LogP contribution < -0.4 is 0 Å². The number of aliphatic hydroxyl groups excluding tert-OH is 1. The summed E-state index contributed by atoms with van der Waals surface area (Å²) < 4.78 is 39.8. The van der Waals surface area contributed by atoms with E-state index in [1.807, 2.05) is 0 Å². The van der Waals surface area contributed by atoms with Gasteiger partial charge in [0.2, 0.25) is 0 Å². The Bertz CT molecular complexity index is 558. The highest BCUT2D eigenvalue weighted by Crippen LogP contribution is 2.27. The van der Waals surface area contributed by atoms with Crippen LogP contribution in [0.5, 0.6) is 0 Å². The van der Waals surface area contributed by atoms with Crippen molar-refractivity contribution in [1.82, 2.24) is 0 Å². The fourth-order valence-corrected chi connectivity index (χ4v) is 1.82. The van der Waals surface area contributed by atoms with E-state index in [2.05, 4.69) is 0 Å². The van der Waals surface area contributed by atoms with Crippen LogP contribution in [-0.4, -0.2) is 5.11 Å². The summed E-state index contributed by atoms with van der Waals surface area (Å²) in [6, 6.07) is 7.75. The lowest BCUT2D eigenvalue weighted by Gasteiger charge is -2.14. The Morgan fingerprint density at radius 3 is 2.17 bits per heavy atom. The second-order valence-corrected chi connectivity index (χ2v) is 4.10. The van der Waals surface area contributed by atoms with Crippen LogP contribution in [-0.2, 0) is 0 Å². The molecule has 0 fully saturated rings. The van der Waals surface area contributed by atoms with Gasteiger partial charge in [0.15, 0.2) is 0 Å². The minimum Gasteiger partial charge on any atom is -0.383 e. The highest BCUT2D eigenvalue weighted by molar-refractivity contribution is 5.34. The number of hydrogen-bond donors (Lipinski definition) is 1. The molecule has 2 rings (SSSR count). The van der Waals surface area contributed by atoms with Gasteiger partial charge in [-0.25, -0.2) is 13.2 Å². The molecule has 2 aromatic rings. The van der Waals surface area contributed by atoms with E-state index in [9.17, 15) is 18.3 Å². The van der Waals surface area contributed by atoms with Gasteiger partial charge in [-0.3, -0.25) is 0 Å². The fraction of sp³-hybridized carbons (Fsp3) is 0.143. The third kappa shape index (κ3) is 2.38. The molecule has 1 nitrogen and oxygen atoms in total. The first-order valence-electron chi connectivity index (χ1n) is 5.38. The summed E-state index contributed by atoms with van der Waals surface area (Å²) in [5, 5.41) is 9.97. The van der Waals surface area contributed by atoms with E-state index in [1.165, 1.54) is 0 Å². The third-order valence-corrected chi connectivity index (χ3v) is 2.68. The first-order chi connectivity index (χ1) is 8.49. The molecule has 1 N–H and O–H groups in total. The molecule has 0 bridgehead atoms. The number of hydrogen-bond acceptors (Lipinski definition) is 1. The standard InChI is InChI=1S/C14H11F3O/c1-8-3-2-4-9(5-8)14(18)13-11(16)6-10(15)7-12(13)17/h2-7,14,18H,1H3. The van der Waals surface area contributed by atoms with Crippen LogP contribution in [0.3, 0.4) is 0 Å². The van der Waals surface area contributed by atoms with Gasteiger partial charge in [0.25, 0.3) is 0 Å². The van der Waals surface area contributed by atoms with Crippen molar-refractivity contribution < 1.29 is 18.3 Å². The maximum atomic E-state index is 13.5. The van der Waals surface area contributed by atoms with Crippen LogP contribution in [0, 0.1) is 24.4 Å². The lowest BCUT2D eigenvalue weighted by Crippen LogP contribution is -2.06. The maximum absolute atomic E-state index is 13.5. The van der Waals surface area contributed by atoms with E-state index in [0.29, 0.717) is 17.7 Å². The predicted molar refractivity (Wildman–Crippen MR) is 61.6 cm³/mol. The molecular weight excluding hydrogens is 241 g/mol. The molecule has 18 heavy (non-hydrogen) atoms. The molecule has 2 aromatic carbocycles. The van der Waals surface area contributed by atoms with Gasteiger partial charge in [-0.2, -0.15) is 0 Å². The smallest absolute Gasteiger partial charge is 0.135 e. The average Bonchev–Trinajstić information content (AvgIpc) is 2.27. The van der Waals surface area contributed by atoms with E-state index in [1.54, 1.807) is 31.2 Å². The third-order valence-electron chi connectivity index (χ3n) is 2.68. The van der Waals surface area contributed by atoms with Crippen LogP contribution in [0.1, 0.15) is 22.8 Å². The number of aryl methyl sites for hydroxylation is 1. The van der Waals surface area contributed by atoms with Crippen molar-refractivity contribution in [3.05, 3.63) is 70.5 Å². The van der Waals surface area contributed by atoms with Crippen molar-refractivity contribution in [2.45, 2.75) is 13.0 Å². The van der Waals surface area contributed by atoms with Crippen molar-refractivity contribution in [1.29, 1.82) is 0 Å². The molecule has 0 spiro atoms. The predicted octanol–water partition coefficient (Wildman–Crippen LogP) is 3.49. The summed E-state index contributed by atoms with van der Waals surface area (Å²) in [5.41, 5.74) is 0.677. The Labute approximate surface area is 103 Å². The molecule has 1 atom stereocenters. The minimum atomic E-state index is -1.45. The van der Waals surface area contributed by atoms with Crippen LogP contribution >= 0.6 is 0 Å². The number of rotatable bonds is 2. The number of benzene rings is 2. The molecule has 0 radical (unpaired) electrons. The molecule has 0 saturated heterocycles. The molecule has 0 amide bonds. The van der Waals surface area contributed by atoms with Crippen LogP contribution in [0.4, 0.5) is 13.2 Å². The molecular formula is C14H11F3O. The second kappa shape index (κ2) is 4.82. The SMILES string of the molecule is Cc1cccc(C(O)c2c(F)cc(F)cc2F)c1. The van der Waals surface area contributed by atoms with Crippen molar-refractivity contribution in [3.8, 4) is 0 Å². The lowest BCUT2D eigenvalue weighted by molar-refractivity contribution is 0.208. The molecule has 0 aliphatic rings. The van der Waals surface area contributed by atoms with E-state index in [-0.39, 0.29) is 0 Å². The van der Waals surface area contributed by atoms with Crippen LogP contribution in [0.25, 0.3) is 0 Å².